The lowest BCUT2D eigenvalue weighted by Crippen LogP contribution is -2.12. The van der Waals surface area contributed by atoms with E-state index in [1.54, 1.807) is 0 Å². The zero-order chi connectivity index (χ0) is 9.26. The molecule has 0 aromatic carbocycles. The minimum atomic E-state index is 0.522. The Morgan fingerprint density at radius 3 is 3.08 bits per heavy atom. The van der Waals surface area contributed by atoms with Crippen LogP contribution < -0.4 is 5.32 Å². The first-order chi connectivity index (χ1) is 6.27. The minimum Gasteiger partial charge on any atom is -0.385 e. The molecule has 0 unspecified atom stereocenters. The molecule has 1 aliphatic heterocycles. The number of pyridine rings is 1. The van der Waals surface area contributed by atoms with E-state index < -0.39 is 0 Å². The standard InChI is InChI=1S/C11H16N2/c1-8(2)10-6-11-9(7-13-10)4-3-5-12-11/h6-8,12H,3-5H2,1-2H3. The maximum Gasteiger partial charge on any atom is 0.0449 e. The molecule has 0 amide bonds. The predicted molar refractivity (Wildman–Crippen MR) is 55.1 cm³/mol. The predicted octanol–water partition coefficient (Wildman–Crippen LogP) is 2.56. The van der Waals surface area contributed by atoms with Crippen molar-refractivity contribution in [1.29, 1.82) is 0 Å². The fourth-order valence-corrected chi connectivity index (χ4v) is 1.68. The minimum absolute atomic E-state index is 0.522. The number of aryl methyl sites for hydroxylation is 1. The van der Waals surface area contributed by atoms with Gasteiger partial charge in [-0.15, -0.1) is 0 Å². The molecule has 0 fully saturated rings. The van der Waals surface area contributed by atoms with Crippen molar-refractivity contribution in [3.8, 4) is 0 Å². The van der Waals surface area contributed by atoms with E-state index in [0.29, 0.717) is 5.92 Å². The third-order valence-electron chi connectivity index (χ3n) is 2.54. The molecular weight excluding hydrogens is 160 g/mol. The summed E-state index contributed by atoms with van der Waals surface area (Å²) in [7, 11) is 0. The zero-order valence-corrected chi connectivity index (χ0v) is 8.30. The van der Waals surface area contributed by atoms with Crippen molar-refractivity contribution in [3.05, 3.63) is 23.5 Å². The van der Waals surface area contributed by atoms with Crippen LogP contribution in [0.25, 0.3) is 0 Å². The van der Waals surface area contributed by atoms with Gasteiger partial charge >= 0.3 is 0 Å². The quantitative estimate of drug-likeness (QED) is 0.711. The molecule has 1 aromatic heterocycles. The molecule has 70 valence electrons. The van der Waals surface area contributed by atoms with Gasteiger partial charge in [-0.3, -0.25) is 4.98 Å². The third kappa shape index (κ3) is 1.67. The lowest BCUT2D eigenvalue weighted by Gasteiger charge is -2.18. The molecule has 0 aliphatic carbocycles. The summed E-state index contributed by atoms with van der Waals surface area (Å²) >= 11 is 0. The molecule has 1 N–H and O–H groups in total. The molecule has 13 heavy (non-hydrogen) atoms. The van der Waals surface area contributed by atoms with Gasteiger partial charge in [0.05, 0.1) is 0 Å². The summed E-state index contributed by atoms with van der Waals surface area (Å²) < 4.78 is 0. The van der Waals surface area contributed by atoms with Crippen LogP contribution in [0, 0.1) is 0 Å². The summed E-state index contributed by atoms with van der Waals surface area (Å²) in [5.74, 6) is 0.522. The maximum absolute atomic E-state index is 4.45. The lowest BCUT2D eigenvalue weighted by atomic mass is 10.0. The number of hydrogen-bond donors (Lipinski definition) is 1. The van der Waals surface area contributed by atoms with Crippen LogP contribution in [0.1, 0.15) is 37.4 Å². The molecule has 2 nitrogen and oxygen atoms in total. The molecule has 1 aliphatic rings. The highest BCUT2D eigenvalue weighted by molar-refractivity contribution is 5.53. The molecule has 2 rings (SSSR count). The van der Waals surface area contributed by atoms with Crippen LogP contribution in [-0.4, -0.2) is 11.5 Å². The summed E-state index contributed by atoms with van der Waals surface area (Å²) in [6.45, 7) is 5.46. The smallest absolute Gasteiger partial charge is 0.0449 e. The summed E-state index contributed by atoms with van der Waals surface area (Å²) in [6, 6.07) is 2.19. The van der Waals surface area contributed by atoms with Gasteiger partial charge in [0.1, 0.15) is 0 Å². The Labute approximate surface area is 79.4 Å². The number of nitrogens with zero attached hydrogens (tertiary/aromatic N) is 1. The number of hydrogen-bond acceptors (Lipinski definition) is 2. The number of fused-ring (bicyclic) bond motifs is 1. The van der Waals surface area contributed by atoms with Gasteiger partial charge < -0.3 is 5.32 Å². The van der Waals surface area contributed by atoms with Crippen LogP contribution in [0.4, 0.5) is 5.69 Å². The number of rotatable bonds is 1. The van der Waals surface area contributed by atoms with Gasteiger partial charge in [-0.2, -0.15) is 0 Å². The van der Waals surface area contributed by atoms with Crippen molar-refractivity contribution in [2.75, 3.05) is 11.9 Å². The van der Waals surface area contributed by atoms with Gasteiger partial charge in [0.25, 0.3) is 0 Å². The Morgan fingerprint density at radius 1 is 1.46 bits per heavy atom. The van der Waals surface area contributed by atoms with Crippen LogP contribution in [0.3, 0.4) is 0 Å². The monoisotopic (exact) mass is 176 g/mol. The van der Waals surface area contributed by atoms with E-state index in [0.717, 1.165) is 6.54 Å². The second kappa shape index (κ2) is 3.36. The van der Waals surface area contributed by atoms with Crippen molar-refractivity contribution >= 4 is 5.69 Å². The van der Waals surface area contributed by atoms with Crippen LogP contribution in [0.2, 0.25) is 0 Å². The van der Waals surface area contributed by atoms with Crippen LogP contribution in [-0.2, 0) is 6.42 Å². The van der Waals surface area contributed by atoms with Crippen molar-refractivity contribution < 1.29 is 0 Å². The Morgan fingerprint density at radius 2 is 2.31 bits per heavy atom. The topological polar surface area (TPSA) is 24.9 Å². The fourth-order valence-electron chi connectivity index (χ4n) is 1.68. The summed E-state index contributed by atoms with van der Waals surface area (Å²) in [5, 5.41) is 3.42. The molecule has 0 saturated heterocycles. The van der Waals surface area contributed by atoms with Gasteiger partial charge in [0.2, 0.25) is 0 Å². The van der Waals surface area contributed by atoms with Gasteiger partial charge in [0, 0.05) is 24.1 Å². The first-order valence-corrected chi connectivity index (χ1v) is 5.00. The van der Waals surface area contributed by atoms with E-state index in [9.17, 15) is 0 Å². The second-order valence-corrected chi connectivity index (χ2v) is 3.95. The Bertz CT molecular complexity index is 305. The summed E-state index contributed by atoms with van der Waals surface area (Å²) in [4.78, 5) is 4.45. The van der Waals surface area contributed by atoms with E-state index in [4.69, 9.17) is 0 Å². The highest BCUT2D eigenvalue weighted by atomic mass is 14.9. The van der Waals surface area contributed by atoms with Crippen molar-refractivity contribution in [3.63, 3.8) is 0 Å². The van der Waals surface area contributed by atoms with Gasteiger partial charge in [-0.25, -0.2) is 0 Å². The normalized spacial score (nSPS) is 15.3. The number of anilines is 1. The SMILES string of the molecule is CC(C)c1cc2c(cn1)CCCN2. The molecule has 0 spiro atoms. The highest BCUT2D eigenvalue weighted by Crippen LogP contribution is 2.24. The molecule has 0 bridgehead atoms. The molecule has 0 saturated carbocycles. The van der Waals surface area contributed by atoms with Crippen molar-refractivity contribution in [1.82, 2.24) is 4.98 Å². The van der Waals surface area contributed by atoms with Crippen LogP contribution in [0.15, 0.2) is 12.3 Å². The molecule has 0 atom stereocenters. The third-order valence-corrected chi connectivity index (χ3v) is 2.54. The van der Waals surface area contributed by atoms with Crippen molar-refractivity contribution in [2.24, 2.45) is 0 Å². The van der Waals surface area contributed by atoms with E-state index in [2.05, 4.69) is 30.2 Å². The average molecular weight is 176 g/mol. The van der Waals surface area contributed by atoms with Gasteiger partial charge in [0.15, 0.2) is 0 Å². The van der Waals surface area contributed by atoms with Gasteiger partial charge in [-0.1, -0.05) is 13.8 Å². The summed E-state index contributed by atoms with van der Waals surface area (Å²) in [5.41, 5.74) is 3.86. The molecular formula is C11H16N2. The molecule has 0 radical (unpaired) electrons. The van der Waals surface area contributed by atoms with Crippen LogP contribution in [0.5, 0.6) is 0 Å². The highest BCUT2D eigenvalue weighted by Gasteiger charge is 2.10. The second-order valence-electron chi connectivity index (χ2n) is 3.95. The summed E-state index contributed by atoms with van der Waals surface area (Å²) in [6.07, 6.45) is 4.43. The number of aromatic nitrogens is 1. The Kier molecular flexibility index (Phi) is 2.21. The first kappa shape index (κ1) is 8.54. The zero-order valence-electron chi connectivity index (χ0n) is 8.30. The van der Waals surface area contributed by atoms with E-state index >= 15 is 0 Å². The molecule has 2 heterocycles. The van der Waals surface area contributed by atoms with E-state index in [1.165, 1.54) is 29.8 Å². The molecule has 2 heteroatoms. The number of nitrogens with one attached hydrogen (secondary N) is 1. The van der Waals surface area contributed by atoms with Crippen LogP contribution >= 0.6 is 0 Å². The van der Waals surface area contributed by atoms with Gasteiger partial charge in [-0.05, 0) is 30.4 Å². The maximum atomic E-state index is 4.45. The fraction of sp³-hybridized carbons (Fsp3) is 0.545. The van der Waals surface area contributed by atoms with E-state index in [1.807, 2.05) is 6.20 Å². The van der Waals surface area contributed by atoms with Crippen molar-refractivity contribution in [2.45, 2.75) is 32.6 Å². The largest absolute Gasteiger partial charge is 0.385 e. The molecule has 1 aromatic rings. The average Bonchev–Trinajstić information content (AvgIpc) is 2.17. The Hall–Kier alpha value is -1.05. The first-order valence-electron chi connectivity index (χ1n) is 5.00. The van der Waals surface area contributed by atoms with E-state index in [-0.39, 0.29) is 0 Å². The lowest BCUT2D eigenvalue weighted by molar-refractivity contribution is 0.791. The Balaban J connectivity index is 2.35.